The fourth-order valence-electron chi connectivity index (χ4n) is 10.0. The lowest BCUT2D eigenvalue weighted by Crippen LogP contribution is -2.16. The van der Waals surface area contributed by atoms with Crippen LogP contribution in [0.2, 0.25) is 0 Å². The average molecular weight is 981 g/mol. The summed E-state index contributed by atoms with van der Waals surface area (Å²) in [5.41, 5.74) is 23.3. The molecule has 5 heteroatoms. The Morgan fingerprint density at radius 1 is 0.351 bits per heavy atom. The van der Waals surface area contributed by atoms with Gasteiger partial charge >= 0.3 is 0 Å². The van der Waals surface area contributed by atoms with Gasteiger partial charge in [0.25, 0.3) is 0 Å². The molecule has 382 valence electrons. The van der Waals surface area contributed by atoms with Gasteiger partial charge in [0.15, 0.2) is 0 Å². The normalized spacial score (nSPS) is 13.6. The number of ether oxygens (including phenoxy) is 1. The first kappa shape index (κ1) is 52.2. The SMILES string of the molecule is COc1ccc(C2=Cc3nc2cc2ccc([nH]2)c(-c2cc(C(C)(C)C)cc(C(C)(C)C)c2)c2nc(c(-c4cc(C(C)(C)C)cc(C(C)(C)C)c4)c4ccc([nH]4)c3-c3cc(C(C)(C)C)cc(C(C)(C)C)c3)C=C2)cc1. The topological polar surface area (TPSA) is 66.6 Å². The number of aromatic amines is 2. The van der Waals surface area contributed by atoms with Gasteiger partial charge in [-0.25, -0.2) is 9.97 Å². The van der Waals surface area contributed by atoms with Crippen LogP contribution in [0.1, 0.15) is 186 Å². The summed E-state index contributed by atoms with van der Waals surface area (Å²) in [5.74, 6) is 0.811. The van der Waals surface area contributed by atoms with Gasteiger partial charge in [-0.3, -0.25) is 0 Å². The molecule has 2 aliphatic heterocycles. The van der Waals surface area contributed by atoms with Crippen molar-refractivity contribution in [2.45, 2.75) is 157 Å². The second-order valence-corrected chi connectivity index (χ2v) is 27.2. The van der Waals surface area contributed by atoms with Gasteiger partial charge in [-0.15, -0.1) is 0 Å². The monoisotopic (exact) mass is 981 g/mol. The number of nitrogens with zero attached hydrogens (tertiary/aromatic N) is 2. The van der Waals surface area contributed by atoms with Crippen LogP contribution in [0, 0.1) is 0 Å². The highest BCUT2D eigenvalue weighted by Gasteiger charge is 2.28. The third-order valence-corrected chi connectivity index (χ3v) is 15.0. The van der Waals surface area contributed by atoms with Crippen LogP contribution in [0.3, 0.4) is 0 Å². The minimum Gasteiger partial charge on any atom is -0.497 e. The molecule has 2 N–H and O–H groups in total. The summed E-state index contributed by atoms with van der Waals surface area (Å²) in [6, 6.07) is 41.0. The predicted octanol–water partition coefficient (Wildman–Crippen LogP) is 18.9. The molecule has 0 fully saturated rings. The Morgan fingerprint density at radius 3 is 1.07 bits per heavy atom. The molecule has 0 radical (unpaired) electrons. The molecule has 5 heterocycles. The van der Waals surface area contributed by atoms with Gasteiger partial charge in [-0.05, 0) is 149 Å². The summed E-state index contributed by atoms with van der Waals surface area (Å²) in [6.07, 6.45) is 6.75. The van der Waals surface area contributed by atoms with Gasteiger partial charge in [-0.2, -0.15) is 0 Å². The van der Waals surface area contributed by atoms with Crippen LogP contribution >= 0.6 is 0 Å². The number of methoxy groups -OCH3 is 1. The summed E-state index contributed by atoms with van der Waals surface area (Å²) >= 11 is 0. The van der Waals surface area contributed by atoms with E-state index in [1.165, 1.54) is 33.4 Å². The molecule has 2 aliphatic rings. The van der Waals surface area contributed by atoms with E-state index in [-0.39, 0.29) is 32.5 Å². The third kappa shape index (κ3) is 10.5. The van der Waals surface area contributed by atoms with E-state index in [1.807, 2.05) is 12.1 Å². The molecule has 0 aliphatic carbocycles. The molecule has 0 atom stereocenters. The molecule has 0 spiro atoms. The van der Waals surface area contributed by atoms with Gasteiger partial charge in [0.05, 0.1) is 29.9 Å². The number of rotatable bonds is 5. The number of H-pyrrole nitrogens is 2. The summed E-state index contributed by atoms with van der Waals surface area (Å²) in [6.45, 7) is 41.6. The van der Waals surface area contributed by atoms with Crippen molar-refractivity contribution >= 4 is 45.9 Å². The van der Waals surface area contributed by atoms with Crippen molar-refractivity contribution in [2.75, 3.05) is 7.11 Å². The maximum Gasteiger partial charge on any atom is 0.118 e. The number of hydrogen-bond acceptors (Lipinski definition) is 3. The molecule has 0 saturated carbocycles. The number of aromatic nitrogens is 4. The minimum absolute atomic E-state index is 0.0828. The number of hydrogen-bond donors (Lipinski definition) is 2. The molecule has 4 aromatic carbocycles. The van der Waals surface area contributed by atoms with Crippen molar-refractivity contribution in [2.24, 2.45) is 0 Å². The fraction of sp³-hybridized carbons (Fsp3) is 0.362. The highest BCUT2D eigenvalue weighted by atomic mass is 16.5. The first-order chi connectivity index (χ1) is 34.3. The van der Waals surface area contributed by atoms with Crippen LogP contribution in [0.15, 0.2) is 109 Å². The third-order valence-electron chi connectivity index (χ3n) is 15.0. The molecule has 9 rings (SSSR count). The first-order valence-corrected chi connectivity index (χ1v) is 26.7. The van der Waals surface area contributed by atoms with Crippen molar-refractivity contribution in [3.8, 4) is 39.1 Å². The second-order valence-electron chi connectivity index (χ2n) is 27.2. The Balaban J connectivity index is 1.51. The van der Waals surface area contributed by atoms with Crippen molar-refractivity contribution in [3.05, 3.63) is 171 Å². The van der Waals surface area contributed by atoms with Crippen LogP contribution in [0.5, 0.6) is 5.75 Å². The fourth-order valence-corrected chi connectivity index (χ4v) is 10.0. The van der Waals surface area contributed by atoms with Crippen molar-refractivity contribution in [1.29, 1.82) is 0 Å². The maximum absolute atomic E-state index is 5.77. The zero-order chi connectivity index (χ0) is 53.7. The van der Waals surface area contributed by atoms with Gasteiger partial charge in [0.2, 0.25) is 0 Å². The Kier molecular flexibility index (Phi) is 12.9. The average Bonchev–Trinajstić information content (AvgIpc) is 4.14. The van der Waals surface area contributed by atoms with Crippen LogP contribution < -0.4 is 4.74 Å². The van der Waals surface area contributed by atoms with Crippen molar-refractivity contribution in [1.82, 2.24) is 19.9 Å². The van der Waals surface area contributed by atoms with E-state index in [9.17, 15) is 0 Å². The summed E-state index contributed by atoms with van der Waals surface area (Å²) in [7, 11) is 1.72. The van der Waals surface area contributed by atoms with Crippen LogP contribution in [-0.2, 0) is 32.5 Å². The molecule has 0 amide bonds. The second kappa shape index (κ2) is 18.3. The Labute approximate surface area is 442 Å². The van der Waals surface area contributed by atoms with Crippen molar-refractivity contribution < 1.29 is 4.74 Å². The molecule has 3 aromatic heterocycles. The van der Waals surface area contributed by atoms with Gasteiger partial charge in [0.1, 0.15) is 5.75 Å². The molecule has 74 heavy (non-hydrogen) atoms. The van der Waals surface area contributed by atoms with E-state index in [1.54, 1.807) is 7.11 Å². The van der Waals surface area contributed by atoms with E-state index < -0.39 is 0 Å². The van der Waals surface area contributed by atoms with Crippen molar-refractivity contribution in [3.63, 3.8) is 0 Å². The lowest BCUT2D eigenvalue weighted by atomic mass is 9.78. The maximum atomic E-state index is 5.77. The van der Waals surface area contributed by atoms with E-state index in [2.05, 4.69) is 250 Å². The quantitative estimate of drug-likeness (QED) is 0.181. The number of nitrogens with one attached hydrogen (secondary N) is 2. The van der Waals surface area contributed by atoms with E-state index in [4.69, 9.17) is 14.7 Å². The highest BCUT2D eigenvalue weighted by Crippen LogP contribution is 2.44. The number of benzene rings is 4. The highest BCUT2D eigenvalue weighted by molar-refractivity contribution is 6.01. The smallest absolute Gasteiger partial charge is 0.118 e. The summed E-state index contributed by atoms with van der Waals surface area (Å²) < 4.78 is 5.66. The zero-order valence-corrected chi connectivity index (χ0v) is 47.9. The molecule has 0 unspecified atom stereocenters. The predicted molar refractivity (Wildman–Crippen MR) is 318 cm³/mol. The Morgan fingerprint density at radius 2 is 0.703 bits per heavy atom. The molecule has 5 nitrogen and oxygen atoms in total. The largest absolute Gasteiger partial charge is 0.497 e. The lowest BCUT2D eigenvalue weighted by Gasteiger charge is -2.26. The lowest BCUT2D eigenvalue weighted by molar-refractivity contribution is 0.415. The van der Waals surface area contributed by atoms with Crippen LogP contribution in [-0.4, -0.2) is 27.0 Å². The van der Waals surface area contributed by atoms with Gasteiger partial charge in [0, 0.05) is 44.3 Å². The van der Waals surface area contributed by atoms with E-state index in [0.717, 1.165) is 95.1 Å². The summed E-state index contributed by atoms with van der Waals surface area (Å²) in [4.78, 5) is 19.5. The van der Waals surface area contributed by atoms with Gasteiger partial charge in [-0.1, -0.05) is 191 Å². The molecular formula is C69H80N4O. The molecule has 7 aromatic rings. The van der Waals surface area contributed by atoms with Crippen LogP contribution in [0.4, 0.5) is 0 Å². The zero-order valence-electron chi connectivity index (χ0n) is 47.9. The molecule has 8 bridgehead atoms. The molecule has 0 saturated heterocycles. The standard InChI is InChI=1S/C69H80N4O/c1-64(2,3)45-30-42(31-46(36-45)65(4,5)6)61-54-25-22-51(70-54)39-59-53(41-20-23-52(74-19)24-21-41)40-60(73-59)63(44-34-49(68(13,14)15)38-50(35-44)69(16,17)18)58-29-28-57(72-58)62(56-27-26-55(61)71-56)43-32-47(66(7,8)9)37-48(33-43)67(10,11)12/h20-40,70,72H,1-19H3. The minimum atomic E-state index is -0.100. The van der Waals surface area contributed by atoms with E-state index >= 15 is 0 Å². The first-order valence-electron chi connectivity index (χ1n) is 26.7. The Hall–Kier alpha value is -6.72. The molecular weight excluding hydrogens is 901 g/mol. The summed E-state index contributed by atoms with van der Waals surface area (Å²) in [5, 5.41) is 0. The van der Waals surface area contributed by atoms with Crippen LogP contribution in [0.25, 0.3) is 79.2 Å². The van der Waals surface area contributed by atoms with Gasteiger partial charge < -0.3 is 14.7 Å². The number of fused-ring (bicyclic) bond motifs is 8. The Bertz CT molecular complexity index is 3470. The van der Waals surface area contributed by atoms with E-state index in [0.29, 0.717) is 0 Å².